The minimum absolute atomic E-state index is 0.381. The molecule has 0 aliphatic rings. The van der Waals surface area contributed by atoms with Crippen molar-refractivity contribution in [3.63, 3.8) is 0 Å². The molecule has 0 aliphatic carbocycles. The molecular formula is C45H51N7O6. The molecule has 3 aromatic heterocycles. The van der Waals surface area contributed by atoms with Crippen molar-refractivity contribution in [1.82, 2.24) is 19.9 Å². The van der Waals surface area contributed by atoms with Gasteiger partial charge in [0.25, 0.3) is 0 Å². The van der Waals surface area contributed by atoms with Crippen LogP contribution in [0.25, 0.3) is 32.7 Å². The topological polar surface area (TPSA) is 157 Å². The summed E-state index contributed by atoms with van der Waals surface area (Å²) < 4.78 is 16.6. The summed E-state index contributed by atoms with van der Waals surface area (Å²) in [6.45, 7) is 17.4. The Morgan fingerprint density at radius 2 is 0.724 bits per heavy atom. The van der Waals surface area contributed by atoms with Crippen molar-refractivity contribution in [2.75, 3.05) is 16.0 Å². The van der Waals surface area contributed by atoms with Crippen molar-refractivity contribution in [2.24, 2.45) is 0 Å². The van der Waals surface area contributed by atoms with Gasteiger partial charge in [-0.2, -0.15) is 0 Å². The third-order valence-electron chi connectivity index (χ3n) is 8.40. The Kier molecular flexibility index (Phi) is 11.8. The van der Waals surface area contributed by atoms with E-state index in [1.165, 1.54) is 0 Å². The number of amides is 3. The number of pyridine rings is 3. The van der Waals surface area contributed by atoms with Crippen LogP contribution in [0.5, 0.6) is 0 Å². The molecule has 13 nitrogen and oxygen atoms in total. The third-order valence-corrected chi connectivity index (χ3v) is 8.40. The normalized spacial score (nSPS) is 12.1. The molecule has 302 valence electrons. The van der Waals surface area contributed by atoms with E-state index in [0.29, 0.717) is 53.2 Å². The first-order chi connectivity index (χ1) is 27.3. The average Bonchev–Trinajstić information content (AvgIpc) is 3.10. The molecule has 0 unspecified atom stereocenters. The number of hydrogen-bond acceptors (Lipinski definition) is 10. The van der Waals surface area contributed by atoms with Gasteiger partial charge < -0.3 is 14.2 Å². The molecule has 3 N–H and O–H groups in total. The van der Waals surface area contributed by atoms with Gasteiger partial charge >= 0.3 is 18.3 Å². The second kappa shape index (κ2) is 16.6. The molecule has 0 saturated carbocycles. The van der Waals surface area contributed by atoms with E-state index in [0.717, 1.165) is 33.2 Å². The Bertz CT molecular complexity index is 2210. The van der Waals surface area contributed by atoms with Crippen LogP contribution < -0.4 is 16.0 Å². The van der Waals surface area contributed by atoms with Crippen LogP contribution in [0.3, 0.4) is 0 Å². The van der Waals surface area contributed by atoms with Gasteiger partial charge in [0.1, 0.15) is 16.8 Å². The molecule has 6 rings (SSSR count). The number of hydrogen-bond donors (Lipinski definition) is 3. The van der Waals surface area contributed by atoms with E-state index in [1.807, 2.05) is 135 Å². The van der Waals surface area contributed by atoms with Crippen molar-refractivity contribution in [2.45, 2.75) is 98.8 Å². The zero-order valence-corrected chi connectivity index (χ0v) is 34.5. The van der Waals surface area contributed by atoms with E-state index in [-0.39, 0.29) is 0 Å². The number of carbonyl (C=O) groups is 3. The van der Waals surface area contributed by atoms with Crippen molar-refractivity contribution >= 4 is 68.1 Å². The van der Waals surface area contributed by atoms with Crippen LogP contribution >= 0.6 is 0 Å². The maximum Gasteiger partial charge on any atom is 0.412 e. The molecule has 0 bridgehead atoms. The summed E-state index contributed by atoms with van der Waals surface area (Å²) in [6, 6.07) is 28.6. The number of ether oxygens (including phenoxy) is 3. The smallest absolute Gasteiger partial charge is 0.412 e. The summed E-state index contributed by atoms with van der Waals surface area (Å²) in [7, 11) is 0. The number of anilines is 3. The molecule has 58 heavy (non-hydrogen) atoms. The van der Waals surface area contributed by atoms with Gasteiger partial charge in [0.05, 0.1) is 50.7 Å². The standard InChI is InChI=1S/C45H51N7O6/c1-43(2,3)56-40(53)49-34-16-10-13-28-19-22-31(46-37(28)34)25-52(26-32-23-20-29-14-11-17-35(38(29)47-32)50-41(54)57-44(4,5)6)27-33-24-21-30-15-12-18-36(39(30)48-33)51-42(55)58-45(7,8)9/h10-24H,25-27H2,1-9H3,(H,49,53)(H,50,54)(H,51,55). The number of nitrogens with one attached hydrogen (secondary N) is 3. The first-order valence-corrected chi connectivity index (χ1v) is 19.2. The zero-order valence-electron chi connectivity index (χ0n) is 34.5. The molecule has 3 heterocycles. The van der Waals surface area contributed by atoms with E-state index in [1.54, 1.807) is 18.2 Å². The van der Waals surface area contributed by atoms with Gasteiger partial charge in [0.15, 0.2) is 0 Å². The van der Waals surface area contributed by atoms with Crippen LogP contribution in [0, 0.1) is 0 Å². The molecule has 0 atom stereocenters. The predicted molar refractivity (Wildman–Crippen MR) is 228 cm³/mol. The highest BCUT2D eigenvalue weighted by Crippen LogP contribution is 2.28. The molecule has 13 heteroatoms. The molecule has 0 radical (unpaired) electrons. The highest BCUT2D eigenvalue weighted by atomic mass is 16.6. The van der Waals surface area contributed by atoms with E-state index in [9.17, 15) is 14.4 Å². The van der Waals surface area contributed by atoms with Crippen molar-refractivity contribution in [3.8, 4) is 0 Å². The van der Waals surface area contributed by atoms with Crippen LogP contribution in [0.4, 0.5) is 31.4 Å². The van der Waals surface area contributed by atoms with E-state index >= 15 is 0 Å². The molecule has 0 saturated heterocycles. The number of aromatic nitrogens is 3. The second-order valence-corrected chi connectivity index (χ2v) is 17.1. The maximum absolute atomic E-state index is 12.8. The van der Waals surface area contributed by atoms with Crippen LogP contribution in [0.2, 0.25) is 0 Å². The minimum Gasteiger partial charge on any atom is -0.444 e. The maximum atomic E-state index is 12.8. The van der Waals surface area contributed by atoms with Gasteiger partial charge in [-0.15, -0.1) is 0 Å². The van der Waals surface area contributed by atoms with Gasteiger partial charge in [-0.25, -0.2) is 29.3 Å². The van der Waals surface area contributed by atoms with Crippen molar-refractivity contribution in [3.05, 3.63) is 108 Å². The summed E-state index contributed by atoms with van der Waals surface area (Å²) in [5, 5.41) is 11.1. The van der Waals surface area contributed by atoms with Gasteiger partial charge in [0.2, 0.25) is 0 Å². The third kappa shape index (κ3) is 11.4. The van der Waals surface area contributed by atoms with Crippen molar-refractivity contribution in [1.29, 1.82) is 0 Å². The Morgan fingerprint density at radius 3 is 0.983 bits per heavy atom. The van der Waals surface area contributed by atoms with Gasteiger partial charge in [-0.05, 0) is 98.7 Å². The average molecular weight is 786 g/mol. The monoisotopic (exact) mass is 785 g/mol. The van der Waals surface area contributed by atoms with Gasteiger partial charge in [-0.1, -0.05) is 54.6 Å². The summed E-state index contributed by atoms with van der Waals surface area (Å²) in [6.07, 6.45) is -1.71. The Labute approximate surface area is 338 Å². The lowest BCUT2D eigenvalue weighted by Crippen LogP contribution is -2.27. The lowest BCUT2D eigenvalue weighted by molar-refractivity contribution is 0.0624. The quantitative estimate of drug-likeness (QED) is 0.121. The fourth-order valence-electron chi connectivity index (χ4n) is 6.22. The summed E-state index contributed by atoms with van der Waals surface area (Å²) >= 11 is 0. The number of para-hydroxylation sites is 3. The number of fused-ring (bicyclic) bond motifs is 3. The van der Waals surface area contributed by atoms with Gasteiger partial charge in [0, 0.05) is 35.8 Å². The highest BCUT2D eigenvalue weighted by Gasteiger charge is 2.21. The largest absolute Gasteiger partial charge is 0.444 e. The van der Waals surface area contributed by atoms with E-state index in [2.05, 4.69) is 20.9 Å². The first-order valence-electron chi connectivity index (χ1n) is 19.2. The number of carbonyl (C=O) groups excluding carboxylic acids is 3. The molecular weight excluding hydrogens is 735 g/mol. The number of nitrogens with zero attached hydrogens (tertiary/aromatic N) is 4. The minimum atomic E-state index is -0.666. The van der Waals surface area contributed by atoms with Crippen LogP contribution in [-0.2, 0) is 33.8 Å². The Morgan fingerprint density at radius 1 is 0.448 bits per heavy atom. The molecule has 3 aromatic carbocycles. The Hall–Kier alpha value is -6.34. The lowest BCUT2D eigenvalue weighted by Gasteiger charge is -2.23. The molecule has 0 aliphatic heterocycles. The highest BCUT2D eigenvalue weighted by molar-refractivity contribution is 6.00. The van der Waals surface area contributed by atoms with Crippen molar-refractivity contribution < 1.29 is 28.6 Å². The SMILES string of the molecule is CC(C)(C)OC(=O)Nc1cccc2ccc(CN(Cc3ccc4cccc(NC(=O)OC(C)(C)C)c4n3)Cc3ccc4cccc(NC(=O)OC(C)(C)C)c4n3)nc12. The second-order valence-electron chi connectivity index (χ2n) is 17.1. The number of benzene rings is 3. The zero-order chi connectivity index (χ0) is 41.8. The van der Waals surface area contributed by atoms with Crippen LogP contribution in [-0.4, -0.2) is 54.9 Å². The van der Waals surface area contributed by atoms with Crippen LogP contribution in [0.1, 0.15) is 79.4 Å². The predicted octanol–water partition coefficient (Wildman–Crippen LogP) is 10.6. The van der Waals surface area contributed by atoms with E-state index < -0.39 is 35.1 Å². The van der Waals surface area contributed by atoms with E-state index in [4.69, 9.17) is 29.2 Å². The fraction of sp³-hybridized carbons (Fsp3) is 0.333. The fourth-order valence-corrected chi connectivity index (χ4v) is 6.22. The van der Waals surface area contributed by atoms with Crippen LogP contribution in [0.15, 0.2) is 91.0 Å². The first kappa shape index (κ1) is 41.3. The lowest BCUT2D eigenvalue weighted by atomic mass is 10.1. The molecule has 0 spiro atoms. The molecule has 0 fully saturated rings. The summed E-state index contributed by atoms with van der Waals surface area (Å²) in [5.41, 5.74) is 3.68. The summed E-state index contributed by atoms with van der Waals surface area (Å²) in [4.78, 5) is 55.5. The summed E-state index contributed by atoms with van der Waals surface area (Å²) in [5.74, 6) is 0. The number of rotatable bonds is 9. The molecule has 3 amide bonds. The van der Waals surface area contributed by atoms with Gasteiger partial charge in [-0.3, -0.25) is 20.9 Å². The molecule has 6 aromatic rings. The Balaban J connectivity index is 1.35.